The number of ether oxygens (including phenoxy) is 1. The molecular weight excluding hydrogens is 154 g/mol. The fraction of sp³-hybridized carbons (Fsp3) is 0.667. The molecule has 0 amide bonds. The maximum Gasteiger partial charge on any atom is 0.334 e. The molecule has 0 bridgehead atoms. The first-order valence-electron chi connectivity index (χ1n) is 4.02. The van der Waals surface area contributed by atoms with Gasteiger partial charge in [0.05, 0.1) is 20.1 Å². The zero-order valence-corrected chi connectivity index (χ0v) is 8.33. The highest BCUT2D eigenvalue weighted by molar-refractivity contribution is 5.81. The monoisotopic (exact) mass is 172 g/mol. The van der Waals surface area contributed by atoms with Crippen molar-refractivity contribution in [3.05, 3.63) is 12.7 Å². The Kier molecular flexibility index (Phi) is 3.96. The molecule has 12 heavy (non-hydrogen) atoms. The summed E-state index contributed by atoms with van der Waals surface area (Å²) in [5, 5.41) is 0. The van der Waals surface area contributed by atoms with Crippen LogP contribution in [0.4, 0.5) is 0 Å². The first-order chi connectivity index (χ1) is 5.40. The Morgan fingerprint density at radius 3 is 2.42 bits per heavy atom. The van der Waals surface area contributed by atoms with Gasteiger partial charge in [0.2, 0.25) is 6.73 Å². The van der Waals surface area contributed by atoms with Gasteiger partial charge in [0, 0.05) is 6.08 Å². The molecule has 0 aromatic carbocycles. The van der Waals surface area contributed by atoms with Crippen LogP contribution in [0.5, 0.6) is 0 Å². The first-order valence-corrected chi connectivity index (χ1v) is 4.02. The Balaban J connectivity index is 3.91. The van der Waals surface area contributed by atoms with Crippen molar-refractivity contribution < 1.29 is 14.0 Å². The third-order valence-corrected chi connectivity index (χ3v) is 2.10. The standard InChI is InChI=1S/C9H18NO2/c1-6-9(11)12-7-10(4,5)8(2)3/h6,8H,1,7H2,2-5H3/q+1. The summed E-state index contributed by atoms with van der Waals surface area (Å²) in [6, 6.07) is 0.433. The number of carbonyl (C=O) groups excluding carboxylic acids is 1. The molecule has 0 aromatic rings. The van der Waals surface area contributed by atoms with Gasteiger partial charge in [-0.2, -0.15) is 0 Å². The van der Waals surface area contributed by atoms with Crippen LogP contribution in [-0.4, -0.2) is 37.3 Å². The molecule has 0 N–H and O–H groups in total. The number of hydrogen-bond donors (Lipinski definition) is 0. The van der Waals surface area contributed by atoms with Crippen molar-refractivity contribution in [3.8, 4) is 0 Å². The van der Waals surface area contributed by atoms with E-state index in [4.69, 9.17) is 4.74 Å². The van der Waals surface area contributed by atoms with Crippen LogP contribution in [0.1, 0.15) is 13.8 Å². The van der Waals surface area contributed by atoms with E-state index in [2.05, 4.69) is 20.4 Å². The van der Waals surface area contributed by atoms with E-state index < -0.39 is 0 Å². The molecule has 0 radical (unpaired) electrons. The third-order valence-electron chi connectivity index (χ3n) is 2.10. The van der Waals surface area contributed by atoms with E-state index in [1.807, 2.05) is 14.1 Å². The van der Waals surface area contributed by atoms with Gasteiger partial charge in [-0.15, -0.1) is 0 Å². The van der Waals surface area contributed by atoms with Crippen molar-refractivity contribution >= 4 is 5.97 Å². The van der Waals surface area contributed by atoms with Crippen LogP contribution < -0.4 is 0 Å². The quantitative estimate of drug-likeness (QED) is 0.275. The predicted molar refractivity (Wildman–Crippen MR) is 48.4 cm³/mol. The van der Waals surface area contributed by atoms with Crippen molar-refractivity contribution in [1.29, 1.82) is 0 Å². The third kappa shape index (κ3) is 3.53. The lowest BCUT2D eigenvalue weighted by atomic mass is 10.3. The molecule has 0 atom stereocenters. The van der Waals surface area contributed by atoms with Gasteiger partial charge >= 0.3 is 5.97 Å². The second-order valence-corrected chi connectivity index (χ2v) is 3.67. The zero-order valence-electron chi connectivity index (χ0n) is 8.33. The van der Waals surface area contributed by atoms with Crippen molar-refractivity contribution in [2.24, 2.45) is 0 Å². The molecule has 0 spiro atoms. The molecule has 0 aromatic heterocycles. The smallest absolute Gasteiger partial charge is 0.334 e. The largest absolute Gasteiger partial charge is 0.412 e. The van der Waals surface area contributed by atoms with Gasteiger partial charge in [-0.1, -0.05) is 6.58 Å². The second-order valence-electron chi connectivity index (χ2n) is 3.67. The van der Waals surface area contributed by atoms with Crippen LogP contribution in [0.25, 0.3) is 0 Å². The van der Waals surface area contributed by atoms with Gasteiger partial charge in [-0.05, 0) is 13.8 Å². The molecule has 0 saturated heterocycles. The highest BCUT2D eigenvalue weighted by atomic mass is 16.5. The maximum absolute atomic E-state index is 10.7. The lowest BCUT2D eigenvalue weighted by Gasteiger charge is -2.32. The number of esters is 1. The number of rotatable bonds is 4. The van der Waals surface area contributed by atoms with Crippen molar-refractivity contribution in [1.82, 2.24) is 0 Å². The normalized spacial score (nSPS) is 11.4. The van der Waals surface area contributed by atoms with Gasteiger partial charge in [0.15, 0.2) is 0 Å². The van der Waals surface area contributed by atoms with Crippen LogP contribution in [-0.2, 0) is 9.53 Å². The van der Waals surface area contributed by atoms with E-state index in [-0.39, 0.29) is 5.97 Å². The minimum absolute atomic E-state index is 0.359. The minimum atomic E-state index is -0.359. The molecular formula is C9H18NO2+. The summed E-state index contributed by atoms with van der Waals surface area (Å²) >= 11 is 0. The van der Waals surface area contributed by atoms with E-state index in [1.54, 1.807) is 0 Å². The lowest BCUT2D eigenvalue weighted by Crippen LogP contribution is -2.47. The SMILES string of the molecule is C=CC(=O)OC[N+](C)(C)C(C)C. The van der Waals surface area contributed by atoms with Crippen LogP contribution in [0.15, 0.2) is 12.7 Å². The van der Waals surface area contributed by atoms with Crippen LogP contribution in [0.3, 0.4) is 0 Å². The summed E-state index contributed by atoms with van der Waals surface area (Å²) in [5.41, 5.74) is 0. The summed E-state index contributed by atoms with van der Waals surface area (Å²) < 4.78 is 5.60. The average Bonchev–Trinajstić information content (AvgIpc) is 2.00. The predicted octanol–water partition coefficient (Wildman–Crippen LogP) is 1.16. The van der Waals surface area contributed by atoms with Gasteiger partial charge in [-0.25, -0.2) is 4.79 Å². The molecule has 0 aliphatic heterocycles. The van der Waals surface area contributed by atoms with Crippen molar-refractivity contribution in [2.75, 3.05) is 20.8 Å². The van der Waals surface area contributed by atoms with E-state index in [9.17, 15) is 4.79 Å². The average molecular weight is 172 g/mol. The molecule has 0 fully saturated rings. The fourth-order valence-electron chi connectivity index (χ4n) is 0.438. The molecule has 0 aliphatic carbocycles. The summed E-state index contributed by atoms with van der Waals surface area (Å²) in [6.07, 6.45) is 1.18. The maximum atomic E-state index is 10.7. The highest BCUT2D eigenvalue weighted by Gasteiger charge is 2.20. The number of nitrogens with zero attached hydrogens (tertiary/aromatic N) is 1. The number of quaternary nitrogens is 1. The summed E-state index contributed by atoms with van der Waals surface area (Å²) in [5.74, 6) is -0.359. The summed E-state index contributed by atoms with van der Waals surface area (Å²) in [6.45, 7) is 7.89. The number of carbonyl (C=O) groups is 1. The Morgan fingerprint density at radius 1 is 1.58 bits per heavy atom. The van der Waals surface area contributed by atoms with Crippen molar-refractivity contribution in [3.63, 3.8) is 0 Å². The van der Waals surface area contributed by atoms with Gasteiger partial charge < -0.3 is 4.74 Å². The number of hydrogen-bond acceptors (Lipinski definition) is 2. The summed E-state index contributed by atoms with van der Waals surface area (Å²) in [4.78, 5) is 10.7. The van der Waals surface area contributed by atoms with Crippen LogP contribution >= 0.6 is 0 Å². The molecule has 0 saturated carbocycles. The van der Waals surface area contributed by atoms with E-state index in [0.717, 1.165) is 0 Å². The molecule has 3 heteroatoms. The van der Waals surface area contributed by atoms with E-state index in [1.165, 1.54) is 6.08 Å². The van der Waals surface area contributed by atoms with Gasteiger partial charge in [-0.3, -0.25) is 4.48 Å². The van der Waals surface area contributed by atoms with E-state index >= 15 is 0 Å². The Morgan fingerprint density at radius 2 is 2.08 bits per heavy atom. The zero-order chi connectivity index (χ0) is 9.78. The Labute approximate surface area is 74.2 Å². The first kappa shape index (κ1) is 11.2. The van der Waals surface area contributed by atoms with Gasteiger partial charge in [0.1, 0.15) is 0 Å². The van der Waals surface area contributed by atoms with Crippen LogP contribution in [0, 0.1) is 0 Å². The fourth-order valence-corrected chi connectivity index (χ4v) is 0.438. The summed E-state index contributed by atoms with van der Waals surface area (Å²) in [7, 11) is 4.03. The Bertz CT molecular complexity index is 173. The van der Waals surface area contributed by atoms with Crippen molar-refractivity contribution in [2.45, 2.75) is 19.9 Å². The topological polar surface area (TPSA) is 26.3 Å². The second kappa shape index (κ2) is 4.26. The Hall–Kier alpha value is -0.830. The molecule has 0 unspecified atom stereocenters. The molecule has 3 nitrogen and oxygen atoms in total. The molecule has 0 heterocycles. The minimum Gasteiger partial charge on any atom is -0.412 e. The lowest BCUT2D eigenvalue weighted by molar-refractivity contribution is -0.927. The van der Waals surface area contributed by atoms with Gasteiger partial charge in [0.25, 0.3) is 0 Å². The van der Waals surface area contributed by atoms with E-state index in [0.29, 0.717) is 17.3 Å². The molecule has 0 rings (SSSR count). The molecule has 70 valence electrons. The highest BCUT2D eigenvalue weighted by Crippen LogP contribution is 2.05. The van der Waals surface area contributed by atoms with Crippen LogP contribution in [0.2, 0.25) is 0 Å². The molecule has 0 aliphatic rings.